The van der Waals surface area contributed by atoms with Gasteiger partial charge in [0, 0.05) is 13.0 Å². The molecule has 2 aromatic carbocycles. The van der Waals surface area contributed by atoms with Crippen molar-refractivity contribution in [2.45, 2.75) is 25.2 Å². The van der Waals surface area contributed by atoms with Crippen LogP contribution in [-0.2, 0) is 15.0 Å². The zero-order chi connectivity index (χ0) is 18.1. The molecule has 0 aliphatic rings. The van der Waals surface area contributed by atoms with E-state index in [2.05, 4.69) is 5.32 Å². The number of hydrogen-bond donors (Lipinski definition) is 2. The summed E-state index contributed by atoms with van der Waals surface area (Å²) in [5.41, 5.74) is -0.493. The van der Waals surface area contributed by atoms with E-state index in [1.807, 2.05) is 36.4 Å². The highest BCUT2D eigenvalue weighted by Gasteiger charge is 2.35. The summed E-state index contributed by atoms with van der Waals surface area (Å²) in [4.78, 5) is 23.7. The molecule has 0 aliphatic carbocycles. The van der Waals surface area contributed by atoms with Crippen molar-refractivity contribution < 1.29 is 19.4 Å². The Hall–Kier alpha value is -2.82. The van der Waals surface area contributed by atoms with Gasteiger partial charge in [0.2, 0.25) is 5.91 Å². The van der Waals surface area contributed by atoms with Crippen LogP contribution in [0.25, 0.3) is 0 Å². The Labute approximate surface area is 147 Å². The summed E-state index contributed by atoms with van der Waals surface area (Å²) in [5.74, 6) is -0.378. The maximum absolute atomic E-state index is 12.0. The topological polar surface area (TPSA) is 75.6 Å². The number of carbonyl (C=O) groups is 2. The summed E-state index contributed by atoms with van der Waals surface area (Å²) in [6.45, 7) is 2.10. The molecule has 2 aromatic rings. The van der Waals surface area contributed by atoms with Crippen molar-refractivity contribution >= 4 is 11.9 Å². The summed E-state index contributed by atoms with van der Waals surface area (Å²) in [7, 11) is 0. The van der Waals surface area contributed by atoms with Crippen LogP contribution in [0.1, 0.15) is 25.3 Å². The van der Waals surface area contributed by atoms with Crippen molar-refractivity contribution in [2.75, 3.05) is 13.2 Å². The van der Waals surface area contributed by atoms with Gasteiger partial charge in [-0.25, -0.2) is 0 Å². The van der Waals surface area contributed by atoms with E-state index >= 15 is 0 Å². The molecule has 0 aliphatic heterocycles. The van der Waals surface area contributed by atoms with Gasteiger partial charge in [-0.2, -0.15) is 0 Å². The first-order chi connectivity index (χ1) is 12.0. The van der Waals surface area contributed by atoms with Crippen LogP contribution < -0.4 is 10.1 Å². The number of aliphatic carboxylic acids is 1. The minimum absolute atomic E-state index is 0.0464. The average Bonchev–Trinajstić information content (AvgIpc) is 2.64. The summed E-state index contributed by atoms with van der Waals surface area (Å²) in [5, 5.41) is 12.3. The fourth-order valence-electron chi connectivity index (χ4n) is 2.41. The van der Waals surface area contributed by atoms with Crippen molar-refractivity contribution in [1.29, 1.82) is 0 Å². The Kier molecular flexibility index (Phi) is 6.57. The number of carboxylic acids is 1. The molecule has 0 fully saturated rings. The largest absolute Gasteiger partial charge is 0.494 e. The van der Waals surface area contributed by atoms with E-state index in [4.69, 9.17) is 4.74 Å². The molecule has 0 spiro atoms. The quantitative estimate of drug-likeness (QED) is 0.688. The zero-order valence-electron chi connectivity index (χ0n) is 14.3. The van der Waals surface area contributed by atoms with Crippen molar-refractivity contribution in [3.05, 3.63) is 66.2 Å². The Balaban J connectivity index is 1.78. The average molecular weight is 341 g/mol. The first-order valence-electron chi connectivity index (χ1n) is 8.26. The van der Waals surface area contributed by atoms with Gasteiger partial charge in [-0.1, -0.05) is 48.5 Å². The molecule has 0 aromatic heterocycles. The van der Waals surface area contributed by atoms with E-state index in [1.165, 1.54) is 0 Å². The fraction of sp³-hybridized carbons (Fsp3) is 0.300. The standard InChI is InChI=1S/C20H23NO4/c1-20(19(23)24,16-9-4-2-5-10-16)15-21-18(22)13-8-14-25-17-11-6-3-7-12-17/h2-7,9-12H,8,13-15H2,1H3,(H,21,22)(H,23,24). The molecular formula is C20H23NO4. The lowest BCUT2D eigenvalue weighted by Gasteiger charge is -2.25. The van der Waals surface area contributed by atoms with Crippen LogP contribution in [0.15, 0.2) is 60.7 Å². The Morgan fingerprint density at radius 2 is 1.64 bits per heavy atom. The SMILES string of the molecule is CC(CNC(=O)CCCOc1ccccc1)(C(=O)O)c1ccccc1. The van der Waals surface area contributed by atoms with Crippen LogP contribution in [0.5, 0.6) is 5.75 Å². The van der Waals surface area contributed by atoms with Crippen LogP contribution in [0.4, 0.5) is 0 Å². The monoisotopic (exact) mass is 341 g/mol. The maximum Gasteiger partial charge on any atom is 0.315 e. The normalized spacial score (nSPS) is 12.8. The molecule has 5 nitrogen and oxygen atoms in total. The lowest BCUT2D eigenvalue weighted by atomic mass is 9.82. The molecule has 0 heterocycles. The minimum atomic E-state index is -1.16. The van der Waals surface area contributed by atoms with Gasteiger partial charge in [0.15, 0.2) is 0 Å². The van der Waals surface area contributed by atoms with Crippen LogP contribution in [-0.4, -0.2) is 30.1 Å². The van der Waals surface area contributed by atoms with E-state index < -0.39 is 11.4 Å². The molecular weight excluding hydrogens is 318 g/mol. The smallest absolute Gasteiger partial charge is 0.315 e. The second-order valence-corrected chi connectivity index (χ2v) is 6.05. The molecule has 2 N–H and O–H groups in total. The van der Waals surface area contributed by atoms with E-state index in [0.29, 0.717) is 18.6 Å². The zero-order valence-corrected chi connectivity index (χ0v) is 14.3. The number of para-hydroxylation sites is 1. The van der Waals surface area contributed by atoms with Crippen molar-refractivity contribution in [3.8, 4) is 5.75 Å². The first kappa shape index (κ1) is 18.5. The predicted molar refractivity (Wildman–Crippen MR) is 95.6 cm³/mol. The van der Waals surface area contributed by atoms with Gasteiger partial charge in [0.05, 0.1) is 6.61 Å². The Bertz CT molecular complexity index is 687. The molecule has 5 heteroatoms. The van der Waals surface area contributed by atoms with Gasteiger partial charge in [-0.3, -0.25) is 9.59 Å². The molecule has 25 heavy (non-hydrogen) atoms. The highest BCUT2D eigenvalue weighted by atomic mass is 16.5. The van der Waals surface area contributed by atoms with Crippen LogP contribution in [0.2, 0.25) is 0 Å². The number of ether oxygens (including phenoxy) is 1. The highest BCUT2D eigenvalue weighted by molar-refractivity contribution is 5.83. The number of carboxylic acid groups (broad SMARTS) is 1. The van der Waals surface area contributed by atoms with E-state index in [1.54, 1.807) is 31.2 Å². The number of nitrogens with one attached hydrogen (secondary N) is 1. The fourth-order valence-corrected chi connectivity index (χ4v) is 2.41. The van der Waals surface area contributed by atoms with Gasteiger partial charge in [0.25, 0.3) is 0 Å². The summed E-state index contributed by atoms with van der Waals surface area (Å²) in [6.07, 6.45) is 0.854. The molecule has 0 radical (unpaired) electrons. The van der Waals surface area contributed by atoms with Gasteiger partial charge in [-0.15, -0.1) is 0 Å². The van der Waals surface area contributed by atoms with E-state index in [0.717, 1.165) is 5.75 Å². The summed E-state index contributed by atoms with van der Waals surface area (Å²) >= 11 is 0. The second kappa shape index (κ2) is 8.87. The third kappa shape index (κ3) is 5.35. The molecule has 1 amide bonds. The van der Waals surface area contributed by atoms with Crippen molar-refractivity contribution in [3.63, 3.8) is 0 Å². The number of rotatable bonds is 9. The predicted octanol–water partition coefficient (Wildman–Crippen LogP) is 3.00. The van der Waals surface area contributed by atoms with Gasteiger partial charge in [0.1, 0.15) is 11.2 Å². The summed E-state index contributed by atoms with van der Waals surface area (Å²) < 4.78 is 5.54. The Morgan fingerprint density at radius 3 is 2.24 bits per heavy atom. The molecule has 0 saturated heterocycles. The number of carbonyl (C=O) groups excluding carboxylic acids is 1. The van der Waals surface area contributed by atoms with Crippen LogP contribution in [0, 0.1) is 0 Å². The lowest BCUT2D eigenvalue weighted by molar-refractivity contribution is -0.143. The maximum atomic E-state index is 12.0. The van der Waals surface area contributed by atoms with Crippen LogP contribution in [0.3, 0.4) is 0 Å². The number of benzene rings is 2. The van der Waals surface area contributed by atoms with E-state index in [9.17, 15) is 14.7 Å². The summed E-state index contributed by atoms with van der Waals surface area (Å²) in [6, 6.07) is 18.3. The molecule has 0 saturated carbocycles. The highest BCUT2D eigenvalue weighted by Crippen LogP contribution is 2.23. The van der Waals surface area contributed by atoms with E-state index in [-0.39, 0.29) is 18.9 Å². The number of hydrogen-bond acceptors (Lipinski definition) is 3. The van der Waals surface area contributed by atoms with Crippen LogP contribution >= 0.6 is 0 Å². The molecule has 2 rings (SSSR count). The number of amides is 1. The minimum Gasteiger partial charge on any atom is -0.494 e. The molecule has 1 atom stereocenters. The molecule has 1 unspecified atom stereocenters. The van der Waals surface area contributed by atoms with Gasteiger partial charge in [-0.05, 0) is 31.0 Å². The van der Waals surface area contributed by atoms with Gasteiger partial charge >= 0.3 is 5.97 Å². The second-order valence-electron chi connectivity index (χ2n) is 6.05. The third-order valence-corrected chi connectivity index (χ3v) is 4.08. The first-order valence-corrected chi connectivity index (χ1v) is 8.26. The van der Waals surface area contributed by atoms with Gasteiger partial charge < -0.3 is 15.2 Å². The van der Waals surface area contributed by atoms with Crippen molar-refractivity contribution in [1.82, 2.24) is 5.32 Å². The molecule has 132 valence electrons. The third-order valence-electron chi connectivity index (χ3n) is 4.08. The van der Waals surface area contributed by atoms with Crippen molar-refractivity contribution in [2.24, 2.45) is 0 Å². The Morgan fingerprint density at radius 1 is 1.04 bits per heavy atom. The molecule has 0 bridgehead atoms. The lowest BCUT2D eigenvalue weighted by Crippen LogP contribution is -2.44.